The average molecular weight is 496 g/mol. The van der Waals surface area contributed by atoms with E-state index in [4.69, 9.17) is 14.2 Å². The minimum absolute atomic E-state index is 0.0868. The Hall–Kier alpha value is -3.71. The highest BCUT2D eigenvalue weighted by Crippen LogP contribution is 2.28. The second-order valence-electron chi connectivity index (χ2n) is 7.31. The molecule has 1 amide bonds. The first-order valence-electron chi connectivity index (χ1n) is 9.93. The lowest BCUT2D eigenvalue weighted by atomic mass is 10.1. The van der Waals surface area contributed by atoms with E-state index in [1.165, 1.54) is 50.6 Å². The molecule has 0 aliphatic rings. The summed E-state index contributed by atoms with van der Waals surface area (Å²) in [6.45, 7) is 2.42. The molecule has 13 heteroatoms. The number of benzene rings is 2. The lowest BCUT2D eigenvalue weighted by molar-refractivity contribution is -0.384. The summed E-state index contributed by atoms with van der Waals surface area (Å²) in [4.78, 5) is 35.2. The van der Waals surface area contributed by atoms with E-state index in [1.807, 2.05) is 0 Å². The molecule has 12 nitrogen and oxygen atoms in total. The van der Waals surface area contributed by atoms with Gasteiger partial charge in [0.15, 0.2) is 6.61 Å². The van der Waals surface area contributed by atoms with E-state index in [0.29, 0.717) is 5.75 Å². The summed E-state index contributed by atoms with van der Waals surface area (Å²) in [5.41, 5.74) is -0.529. The Kier molecular flexibility index (Phi) is 8.92. The molecule has 0 aliphatic carbocycles. The van der Waals surface area contributed by atoms with E-state index in [0.717, 1.165) is 6.07 Å². The van der Waals surface area contributed by atoms with E-state index >= 15 is 0 Å². The minimum atomic E-state index is -4.08. The van der Waals surface area contributed by atoms with Crippen molar-refractivity contribution in [3.8, 4) is 11.5 Å². The molecule has 0 fully saturated rings. The second-order valence-corrected chi connectivity index (χ2v) is 9.03. The molecule has 0 radical (unpaired) electrons. The molecule has 0 aliphatic heterocycles. The molecule has 2 aromatic carbocycles. The summed E-state index contributed by atoms with van der Waals surface area (Å²) in [5.74, 6) is -1.65. The summed E-state index contributed by atoms with van der Waals surface area (Å²) in [5, 5.41) is 13.5. The number of rotatable bonds is 11. The largest absolute Gasteiger partial charge is 0.497 e. The molecule has 0 bridgehead atoms. The number of nitrogens with one attached hydrogen (secondary N) is 2. The molecule has 0 heterocycles. The topological polar surface area (TPSA) is 163 Å². The van der Waals surface area contributed by atoms with Gasteiger partial charge in [0.1, 0.15) is 23.2 Å². The number of amides is 1. The Labute approximate surface area is 196 Å². The third-order valence-corrected chi connectivity index (χ3v) is 6.05. The predicted octanol–water partition coefficient (Wildman–Crippen LogP) is 2.10. The third-order valence-electron chi connectivity index (χ3n) is 4.59. The highest BCUT2D eigenvalue weighted by Gasteiger charge is 2.30. The van der Waals surface area contributed by atoms with E-state index < -0.39 is 51.1 Å². The number of methoxy groups -OCH3 is 2. The van der Waals surface area contributed by atoms with E-state index in [9.17, 15) is 28.1 Å². The summed E-state index contributed by atoms with van der Waals surface area (Å²) >= 11 is 0. The van der Waals surface area contributed by atoms with Crippen LogP contribution in [0.5, 0.6) is 11.5 Å². The molecular formula is C21H25N3O9S. The lowest BCUT2D eigenvalue weighted by Crippen LogP contribution is -2.45. The molecule has 0 spiro atoms. The fourth-order valence-electron chi connectivity index (χ4n) is 2.75. The number of sulfonamides is 1. The minimum Gasteiger partial charge on any atom is -0.497 e. The molecular weight excluding hydrogens is 470 g/mol. The van der Waals surface area contributed by atoms with Gasteiger partial charge in [-0.2, -0.15) is 4.72 Å². The molecule has 1 atom stereocenters. The first-order valence-corrected chi connectivity index (χ1v) is 11.4. The first kappa shape index (κ1) is 26.5. The van der Waals surface area contributed by atoms with Crippen molar-refractivity contribution < 1.29 is 37.1 Å². The monoisotopic (exact) mass is 495 g/mol. The van der Waals surface area contributed by atoms with Crippen LogP contribution in [0.4, 0.5) is 11.4 Å². The Bertz CT molecular complexity index is 1150. The maximum atomic E-state index is 12.7. The van der Waals surface area contributed by atoms with Gasteiger partial charge in [0.2, 0.25) is 10.0 Å². The van der Waals surface area contributed by atoms with E-state index in [1.54, 1.807) is 13.8 Å². The zero-order valence-electron chi connectivity index (χ0n) is 18.9. The van der Waals surface area contributed by atoms with Gasteiger partial charge < -0.3 is 19.5 Å². The van der Waals surface area contributed by atoms with E-state index in [2.05, 4.69) is 10.0 Å². The lowest BCUT2D eigenvalue weighted by Gasteiger charge is -2.20. The van der Waals surface area contributed by atoms with Crippen molar-refractivity contribution >= 4 is 33.3 Å². The maximum Gasteiger partial charge on any atom is 0.324 e. The SMILES string of the molecule is COc1ccc(S(=O)(=O)NC(C(=O)OCC(=O)Nc2ccc(OC)cc2[N+](=O)[O-])C(C)C)cc1. The number of ether oxygens (including phenoxy) is 3. The van der Waals surface area contributed by atoms with Crippen molar-refractivity contribution in [3.05, 3.63) is 52.6 Å². The van der Waals surface area contributed by atoms with Gasteiger partial charge in [-0.25, -0.2) is 8.42 Å². The molecule has 2 N–H and O–H groups in total. The van der Waals surface area contributed by atoms with Crippen LogP contribution >= 0.6 is 0 Å². The fraction of sp³-hybridized carbons (Fsp3) is 0.333. The normalized spacial score (nSPS) is 12.0. The number of nitro groups is 1. The number of anilines is 1. The highest BCUT2D eigenvalue weighted by molar-refractivity contribution is 7.89. The zero-order chi connectivity index (χ0) is 25.5. The van der Waals surface area contributed by atoms with Crippen molar-refractivity contribution in [2.24, 2.45) is 5.92 Å². The molecule has 2 rings (SSSR count). The zero-order valence-corrected chi connectivity index (χ0v) is 19.7. The quantitative estimate of drug-likeness (QED) is 0.270. The Morgan fingerprint density at radius 2 is 1.62 bits per heavy atom. The number of nitrogens with zero attached hydrogens (tertiary/aromatic N) is 1. The van der Waals surface area contributed by atoms with E-state index in [-0.39, 0.29) is 16.3 Å². The van der Waals surface area contributed by atoms with Crippen LogP contribution in [0.15, 0.2) is 47.4 Å². The number of carbonyl (C=O) groups excluding carboxylic acids is 2. The number of carbonyl (C=O) groups is 2. The smallest absolute Gasteiger partial charge is 0.324 e. The Morgan fingerprint density at radius 3 is 2.15 bits per heavy atom. The van der Waals surface area contributed by atoms with Crippen LogP contribution in [0.25, 0.3) is 0 Å². The predicted molar refractivity (Wildman–Crippen MR) is 121 cm³/mol. The first-order chi connectivity index (χ1) is 16.0. The van der Waals surface area contributed by atoms with Gasteiger partial charge in [0.05, 0.1) is 30.1 Å². The van der Waals surface area contributed by atoms with Gasteiger partial charge in [0, 0.05) is 0 Å². The van der Waals surface area contributed by atoms with Crippen LogP contribution in [0, 0.1) is 16.0 Å². The van der Waals surface area contributed by atoms with Gasteiger partial charge in [0.25, 0.3) is 11.6 Å². The molecule has 184 valence electrons. The van der Waals surface area contributed by atoms with Gasteiger partial charge in [-0.3, -0.25) is 19.7 Å². The second kappa shape index (κ2) is 11.4. The molecule has 0 aromatic heterocycles. The van der Waals surface area contributed by atoms with Crippen molar-refractivity contribution in [2.45, 2.75) is 24.8 Å². The van der Waals surface area contributed by atoms with Gasteiger partial charge in [-0.05, 0) is 42.3 Å². The summed E-state index contributed by atoms with van der Waals surface area (Å²) in [6, 6.07) is 8.09. The maximum absolute atomic E-state index is 12.7. The Morgan fingerprint density at radius 1 is 1.03 bits per heavy atom. The van der Waals surface area contributed by atoms with Gasteiger partial charge >= 0.3 is 5.97 Å². The number of nitro benzene ring substituents is 1. The van der Waals surface area contributed by atoms with Crippen LogP contribution in [-0.2, 0) is 24.3 Å². The van der Waals surface area contributed by atoms with Crippen molar-refractivity contribution in [1.82, 2.24) is 4.72 Å². The summed E-state index contributed by atoms with van der Waals surface area (Å²) in [6.07, 6.45) is 0. The van der Waals surface area contributed by atoms with Gasteiger partial charge in [-0.15, -0.1) is 0 Å². The van der Waals surface area contributed by atoms with Crippen LogP contribution in [0.1, 0.15) is 13.8 Å². The molecule has 0 saturated carbocycles. The fourth-order valence-corrected chi connectivity index (χ4v) is 4.09. The van der Waals surface area contributed by atoms with Gasteiger partial charge in [-0.1, -0.05) is 13.8 Å². The number of esters is 1. The molecule has 0 saturated heterocycles. The molecule has 1 unspecified atom stereocenters. The average Bonchev–Trinajstić information content (AvgIpc) is 2.81. The number of hydrogen-bond donors (Lipinski definition) is 2. The van der Waals surface area contributed by atoms with Crippen molar-refractivity contribution in [1.29, 1.82) is 0 Å². The van der Waals surface area contributed by atoms with Crippen LogP contribution in [-0.4, -0.2) is 52.1 Å². The van der Waals surface area contributed by atoms with Crippen LogP contribution in [0.3, 0.4) is 0 Å². The summed E-state index contributed by atoms with van der Waals surface area (Å²) in [7, 11) is -1.30. The standard InChI is InChI=1S/C21H25N3O9S/c1-13(2)20(23-34(29,30)16-8-5-14(31-3)6-9-16)21(26)33-12-19(25)22-17-10-7-15(32-4)11-18(17)24(27)28/h5-11,13,20,23H,12H2,1-4H3,(H,22,25). The Balaban J connectivity index is 2.06. The van der Waals surface area contributed by atoms with Crippen LogP contribution in [0.2, 0.25) is 0 Å². The van der Waals surface area contributed by atoms with Crippen molar-refractivity contribution in [3.63, 3.8) is 0 Å². The highest BCUT2D eigenvalue weighted by atomic mass is 32.2. The third kappa shape index (κ3) is 6.89. The van der Waals surface area contributed by atoms with Crippen LogP contribution < -0.4 is 19.5 Å². The van der Waals surface area contributed by atoms with Crippen molar-refractivity contribution in [2.75, 3.05) is 26.1 Å². The molecule has 2 aromatic rings. The number of hydrogen-bond acceptors (Lipinski definition) is 9. The molecule has 34 heavy (non-hydrogen) atoms. The summed E-state index contributed by atoms with van der Waals surface area (Å²) < 4.78 is 42.5.